The number of fused-ring (bicyclic) bond motifs is 1. The Kier molecular flexibility index (Phi) is 5.05. The predicted octanol–water partition coefficient (Wildman–Crippen LogP) is 4.16. The first-order chi connectivity index (χ1) is 13.2. The molecular formula is C23H24N2O2. The van der Waals surface area contributed by atoms with Gasteiger partial charge >= 0.3 is 0 Å². The summed E-state index contributed by atoms with van der Waals surface area (Å²) in [6.07, 6.45) is 4.09. The van der Waals surface area contributed by atoms with E-state index in [0.29, 0.717) is 6.42 Å². The number of likely N-dealkylation sites (tertiary alicyclic amines) is 1. The van der Waals surface area contributed by atoms with Gasteiger partial charge in [0.1, 0.15) is 17.4 Å². The van der Waals surface area contributed by atoms with Crippen LogP contribution in [0.3, 0.4) is 0 Å². The van der Waals surface area contributed by atoms with Gasteiger partial charge in [-0.1, -0.05) is 48.0 Å². The molecule has 2 heterocycles. The number of aryl methyl sites for hydroxylation is 1. The largest absolute Gasteiger partial charge is 0.488 e. The van der Waals surface area contributed by atoms with E-state index >= 15 is 0 Å². The molecule has 1 saturated heterocycles. The van der Waals surface area contributed by atoms with Gasteiger partial charge in [-0.25, -0.2) is 0 Å². The summed E-state index contributed by atoms with van der Waals surface area (Å²) in [5, 5.41) is 1.08. The van der Waals surface area contributed by atoms with Crippen molar-refractivity contribution in [3.05, 3.63) is 71.9 Å². The number of nitrogens with zero attached hydrogens (tertiary/aromatic N) is 2. The predicted molar refractivity (Wildman–Crippen MR) is 107 cm³/mol. The van der Waals surface area contributed by atoms with E-state index in [1.54, 1.807) is 6.20 Å². The average Bonchev–Trinajstić information content (AvgIpc) is 2.69. The van der Waals surface area contributed by atoms with E-state index in [9.17, 15) is 4.79 Å². The van der Waals surface area contributed by atoms with Crippen LogP contribution < -0.4 is 4.74 Å². The lowest BCUT2D eigenvalue weighted by atomic mass is 10.0. The number of para-hydroxylation sites is 1. The second-order valence-corrected chi connectivity index (χ2v) is 7.20. The van der Waals surface area contributed by atoms with Gasteiger partial charge in [-0.3, -0.25) is 9.78 Å². The molecule has 4 nitrogen and oxygen atoms in total. The lowest BCUT2D eigenvalue weighted by molar-refractivity contribution is -0.132. The molecule has 1 aromatic heterocycles. The summed E-state index contributed by atoms with van der Waals surface area (Å²) < 4.78 is 6.23. The first-order valence-electron chi connectivity index (χ1n) is 9.53. The number of carbonyl (C=O) groups is 1. The maximum atomic E-state index is 12.6. The SMILES string of the molecule is Cc1cccc(CC(=O)N2CCC(Oc3cccc4cccnc34)CC2)c1. The molecular weight excluding hydrogens is 336 g/mol. The van der Waals surface area contributed by atoms with E-state index in [0.717, 1.165) is 48.1 Å². The zero-order chi connectivity index (χ0) is 18.6. The molecule has 27 heavy (non-hydrogen) atoms. The Bertz CT molecular complexity index is 941. The van der Waals surface area contributed by atoms with Gasteiger partial charge in [0.15, 0.2) is 0 Å². The number of hydrogen-bond acceptors (Lipinski definition) is 3. The molecule has 4 heteroatoms. The zero-order valence-electron chi connectivity index (χ0n) is 15.6. The van der Waals surface area contributed by atoms with Crippen molar-refractivity contribution >= 4 is 16.8 Å². The Morgan fingerprint density at radius 3 is 2.70 bits per heavy atom. The monoisotopic (exact) mass is 360 g/mol. The van der Waals surface area contributed by atoms with Gasteiger partial charge in [-0.15, -0.1) is 0 Å². The van der Waals surface area contributed by atoms with Crippen molar-refractivity contribution in [2.75, 3.05) is 13.1 Å². The summed E-state index contributed by atoms with van der Waals surface area (Å²) >= 11 is 0. The fourth-order valence-electron chi connectivity index (χ4n) is 3.68. The Labute approximate surface area is 159 Å². The standard InChI is InChI=1S/C23H24N2O2/c1-17-5-2-6-18(15-17)16-22(26)25-13-10-20(11-14-25)27-21-9-3-7-19-8-4-12-24-23(19)21/h2-9,12,15,20H,10-11,13-14,16H2,1H3. The quantitative estimate of drug-likeness (QED) is 0.702. The molecule has 0 N–H and O–H groups in total. The molecule has 1 aliphatic rings. The molecule has 0 unspecified atom stereocenters. The highest BCUT2D eigenvalue weighted by molar-refractivity contribution is 5.84. The van der Waals surface area contributed by atoms with Gasteiger partial charge in [-0.05, 0) is 24.6 Å². The van der Waals surface area contributed by atoms with Gasteiger partial charge in [0, 0.05) is 37.5 Å². The topological polar surface area (TPSA) is 42.4 Å². The van der Waals surface area contributed by atoms with Crippen LogP contribution in [-0.2, 0) is 11.2 Å². The van der Waals surface area contributed by atoms with Gasteiger partial charge in [0.25, 0.3) is 0 Å². The van der Waals surface area contributed by atoms with Crippen molar-refractivity contribution in [3.63, 3.8) is 0 Å². The Balaban J connectivity index is 1.35. The van der Waals surface area contributed by atoms with Crippen molar-refractivity contribution in [2.24, 2.45) is 0 Å². The van der Waals surface area contributed by atoms with Crippen LogP contribution in [0.2, 0.25) is 0 Å². The minimum absolute atomic E-state index is 0.126. The first kappa shape index (κ1) is 17.5. The van der Waals surface area contributed by atoms with E-state index in [-0.39, 0.29) is 12.0 Å². The van der Waals surface area contributed by atoms with E-state index < -0.39 is 0 Å². The van der Waals surface area contributed by atoms with Crippen molar-refractivity contribution in [1.82, 2.24) is 9.88 Å². The smallest absolute Gasteiger partial charge is 0.226 e. The molecule has 0 aliphatic carbocycles. The zero-order valence-corrected chi connectivity index (χ0v) is 15.6. The van der Waals surface area contributed by atoms with E-state index in [1.165, 1.54) is 5.56 Å². The van der Waals surface area contributed by atoms with Crippen LogP contribution in [0.5, 0.6) is 5.75 Å². The summed E-state index contributed by atoms with van der Waals surface area (Å²) in [6, 6.07) is 18.2. The number of amides is 1. The normalized spacial score (nSPS) is 15.1. The molecule has 3 aromatic rings. The highest BCUT2D eigenvalue weighted by Crippen LogP contribution is 2.26. The number of aromatic nitrogens is 1. The molecule has 0 saturated carbocycles. The van der Waals surface area contributed by atoms with E-state index in [2.05, 4.69) is 24.0 Å². The van der Waals surface area contributed by atoms with Crippen molar-refractivity contribution < 1.29 is 9.53 Å². The number of benzene rings is 2. The maximum absolute atomic E-state index is 12.6. The molecule has 2 aromatic carbocycles. The van der Waals surface area contributed by atoms with E-state index in [4.69, 9.17) is 4.74 Å². The summed E-state index contributed by atoms with van der Waals surface area (Å²) in [5.41, 5.74) is 3.18. The van der Waals surface area contributed by atoms with Gasteiger partial charge in [0.05, 0.1) is 6.42 Å². The molecule has 4 rings (SSSR count). The maximum Gasteiger partial charge on any atom is 0.226 e. The minimum atomic E-state index is 0.126. The molecule has 1 fully saturated rings. The summed E-state index contributed by atoms with van der Waals surface area (Å²) in [7, 11) is 0. The second kappa shape index (κ2) is 7.78. The first-order valence-corrected chi connectivity index (χ1v) is 9.53. The number of hydrogen-bond donors (Lipinski definition) is 0. The number of carbonyl (C=O) groups excluding carboxylic acids is 1. The lowest BCUT2D eigenvalue weighted by Gasteiger charge is -2.32. The molecule has 0 bridgehead atoms. The fourth-order valence-corrected chi connectivity index (χ4v) is 3.68. The third kappa shape index (κ3) is 4.11. The van der Waals surface area contributed by atoms with Crippen LogP contribution in [-0.4, -0.2) is 35.0 Å². The highest BCUT2D eigenvalue weighted by Gasteiger charge is 2.24. The van der Waals surface area contributed by atoms with Crippen LogP contribution in [0.25, 0.3) is 10.9 Å². The number of pyridine rings is 1. The third-order valence-corrected chi connectivity index (χ3v) is 5.12. The molecule has 0 radical (unpaired) electrons. The van der Waals surface area contributed by atoms with Crippen molar-refractivity contribution in [1.29, 1.82) is 0 Å². The molecule has 0 atom stereocenters. The number of rotatable bonds is 4. The molecule has 1 aliphatic heterocycles. The number of ether oxygens (including phenoxy) is 1. The third-order valence-electron chi connectivity index (χ3n) is 5.12. The number of piperidine rings is 1. The Morgan fingerprint density at radius 2 is 1.89 bits per heavy atom. The van der Waals surface area contributed by atoms with Crippen LogP contribution in [0.4, 0.5) is 0 Å². The average molecular weight is 360 g/mol. The molecule has 0 spiro atoms. The van der Waals surface area contributed by atoms with Crippen LogP contribution in [0.15, 0.2) is 60.8 Å². The van der Waals surface area contributed by atoms with Crippen LogP contribution in [0, 0.1) is 6.92 Å². The van der Waals surface area contributed by atoms with Gasteiger partial charge < -0.3 is 9.64 Å². The lowest BCUT2D eigenvalue weighted by Crippen LogP contribution is -2.42. The second-order valence-electron chi connectivity index (χ2n) is 7.20. The Hall–Kier alpha value is -2.88. The molecule has 1 amide bonds. The van der Waals surface area contributed by atoms with E-state index in [1.807, 2.05) is 47.4 Å². The summed E-state index contributed by atoms with van der Waals surface area (Å²) in [5.74, 6) is 1.03. The van der Waals surface area contributed by atoms with Crippen molar-refractivity contribution in [3.8, 4) is 5.75 Å². The van der Waals surface area contributed by atoms with Gasteiger partial charge in [-0.2, -0.15) is 0 Å². The van der Waals surface area contributed by atoms with Crippen LogP contribution in [0.1, 0.15) is 24.0 Å². The van der Waals surface area contributed by atoms with Gasteiger partial charge in [0.2, 0.25) is 5.91 Å². The summed E-state index contributed by atoms with van der Waals surface area (Å²) in [4.78, 5) is 19.0. The Morgan fingerprint density at radius 1 is 1.11 bits per heavy atom. The van der Waals surface area contributed by atoms with Crippen molar-refractivity contribution in [2.45, 2.75) is 32.3 Å². The molecule has 138 valence electrons. The fraction of sp³-hybridized carbons (Fsp3) is 0.304. The highest BCUT2D eigenvalue weighted by atomic mass is 16.5. The minimum Gasteiger partial charge on any atom is -0.488 e. The van der Waals surface area contributed by atoms with Crippen LogP contribution >= 0.6 is 0 Å². The summed E-state index contributed by atoms with van der Waals surface area (Å²) in [6.45, 7) is 3.54.